The van der Waals surface area contributed by atoms with Crippen LogP contribution in [0.2, 0.25) is 0 Å². The molecule has 0 aliphatic rings. The first-order valence-electron chi connectivity index (χ1n) is 3.20. The average molecular weight is 194 g/mol. The Morgan fingerprint density at radius 1 is 1.23 bits per heavy atom. The fourth-order valence-corrected chi connectivity index (χ4v) is 0.765. The van der Waals surface area contributed by atoms with E-state index in [1.54, 1.807) is 0 Å². The average Bonchev–Trinajstić information content (AvgIpc) is 2.06. The fraction of sp³-hybridized carbons (Fsp3) is 0.125. The second kappa shape index (κ2) is 4.69. The first-order valence-corrected chi connectivity index (χ1v) is 3.20. The topological polar surface area (TPSA) is 40.1 Å². The van der Waals surface area contributed by atoms with Crippen LogP contribution in [0.25, 0.3) is 0 Å². The monoisotopic (exact) mass is 194 g/mol. The summed E-state index contributed by atoms with van der Waals surface area (Å²) in [6.07, 6.45) is 0. The maximum atomic E-state index is 12.6. The molecule has 0 amide bonds. The van der Waals surface area contributed by atoms with Crippen LogP contribution in [0.1, 0.15) is 5.56 Å². The molecular weight excluding hydrogens is 189 g/mol. The van der Waals surface area contributed by atoms with Crippen LogP contribution in [0.5, 0.6) is 0 Å². The molecule has 0 saturated heterocycles. The van der Waals surface area contributed by atoms with Gasteiger partial charge < -0.3 is 9.90 Å². The molecule has 0 heterocycles. The zero-order valence-corrected chi connectivity index (χ0v) is 8.96. The SMILES string of the molecule is O=C([O-])C(F)(F)c1ccccc1.[Na+]. The number of aliphatic carboxylic acids is 1. The molecule has 2 nitrogen and oxygen atoms in total. The minimum atomic E-state index is -3.90. The molecule has 0 spiro atoms. The Morgan fingerprint density at radius 3 is 2.08 bits per heavy atom. The number of carboxylic acids is 1. The molecule has 0 fully saturated rings. The van der Waals surface area contributed by atoms with E-state index in [1.165, 1.54) is 18.2 Å². The summed E-state index contributed by atoms with van der Waals surface area (Å²) >= 11 is 0. The maximum Gasteiger partial charge on any atom is 1.00 e. The second-order valence-electron chi connectivity index (χ2n) is 2.23. The van der Waals surface area contributed by atoms with Crippen molar-refractivity contribution in [1.29, 1.82) is 0 Å². The number of halogens is 2. The first-order chi connectivity index (χ1) is 5.55. The molecule has 0 radical (unpaired) electrons. The van der Waals surface area contributed by atoms with Crippen LogP contribution in [0.3, 0.4) is 0 Å². The number of carbonyl (C=O) groups excluding carboxylic acids is 1. The Kier molecular flexibility index (Phi) is 4.53. The van der Waals surface area contributed by atoms with E-state index in [9.17, 15) is 18.7 Å². The minimum absolute atomic E-state index is 0. The summed E-state index contributed by atoms with van der Waals surface area (Å²) in [6.45, 7) is 0. The van der Waals surface area contributed by atoms with Crippen LogP contribution < -0.4 is 34.7 Å². The molecule has 0 saturated carbocycles. The minimum Gasteiger partial charge on any atom is -0.544 e. The first kappa shape index (κ1) is 12.6. The summed E-state index contributed by atoms with van der Waals surface area (Å²) < 4.78 is 25.2. The van der Waals surface area contributed by atoms with E-state index < -0.39 is 17.5 Å². The molecule has 1 aromatic rings. The van der Waals surface area contributed by atoms with Gasteiger partial charge in [0.1, 0.15) is 5.97 Å². The van der Waals surface area contributed by atoms with Crippen molar-refractivity contribution >= 4 is 5.97 Å². The summed E-state index contributed by atoms with van der Waals surface area (Å²) in [5.74, 6) is -6.28. The van der Waals surface area contributed by atoms with Gasteiger partial charge in [0.2, 0.25) is 0 Å². The quantitative estimate of drug-likeness (QED) is 0.489. The van der Waals surface area contributed by atoms with E-state index in [-0.39, 0.29) is 29.6 Å². The van der Waals surface area contributed by atoms with Crippen LogP contribution in [0.15, 0.2) is 30.3 Å². The van der Waals surface area contributed by atoms with Crippen molar-refractivity contribution in [3.63, 3.8) is 0 Å². The molecule has 0 atom stereocenters. The van der Waals surface area contributed by atoms with Gasteiger partial charge in [0.05, 0.1) is 0 Å². The van der Waals surface area contributed by atoms with Gasteiger partial charge in [-0.3, -0.25) is 0 Å². The third-order valence-corrected chi connectivity index (χ3v) is 1.39. The number of carbonyl (C=O) groups is 1. The van der Waals surface area contributed by atoms with Crippen LogP contribution >= 0.6 is 0 Å². The van der Waals surface area contributed by atoms with Gasteiger partial charge in [0, 0.05) is 5.56 Å². The number of benzene rings is 1. The molecule has 0 N–H and O–H groups in total. The molecule has 0 unspecified atom stereocenters. The third-order valence-electron chi connectivity index (χ3n) is 1.39. The van der Waals surface area contributed by atoms with E-state index >= 15 is 0 Å². The van der Waals surface area contributed by atoms with Crippen LogP contribution in [0.4, 0.5) is 8.78 Å². The van der Waals surface area contributed by atoms with Crippen molar-refractivity contribution < 1.29 is 48.2 Å². The molecule has 5 heteroatoms. The van der Waals surface area contributed by atoms with Crippen LogP contribution in [-0.2, 0) is 10.7 Å². The van der Waals surface area contributed by atoms with Gasteiger partial charge in [-0.15, -0.1) is 0 Å². The van der Waals surface area contributed by atoms with Crippen molar-refractivity contribution in [3.05, 3.63) is 35.9 Å². The van der Waals surface area contributed by atoms with E-state index in [2.05, 4.69) is 0 Å². The molecule has 0 bridgehead atoms. The second-order valence-corrected chi connectivity index (χ2v) is 2.23. The maximum absolute atomic E-state index is 12.6. The zero-order chi connectivity index (χ0) is 9.19. The number of rotatable bonds is 2. The molecular formula is C8H5F2NaO2. The Hall–Kier alpha value is -0.450. The molecule has 1 rings (SSSR count). The van der Waals surface area contributed by atoms with Gasteiger partial charge in [-0.25, -0.2) is 0 Å². The summed E-state index contributed by atoms with van der Waals surface area (Å²) in [6, 6.07) is 6.28. The summed E-state index contributed by atoms with van der Waals surface area (Å²) in [4.78, 5) is 9.96. The standard InChI is InChI=1S/C8H6F2O2.Na/c9-8(10,7(11)12)6-4-2-1-3-5-6;/h1-5H,(H,11,12);/q;+1/p-1. The molecule has 0 aliphatic heterocycles. The molecule has 1 aromatic carbocycles. The van der Waals surface area contributed by atoms with Gasteiger partial charge in [-0.2, -0.15) is 8.78 Å². The third kappa shape index (κ3) is 2.76. The molecule has 13 heavy (non-hydrogen) atoms. The molecule has 64 valence electrons. The fourth-order valence-electron chi connectivity index (χ4n) is 0.765. The normalized spacial score (nSPS) is 10.3. The summed E-state index contributed by atoms with van der Waals surface area (Å²) in [5.41, 5.74) is -0.565. The number of carboxylic acid groups (broad SMARTS) is 1. The Labute approximate surface area is 95.9 Å². The van der Waals surface area contributed by atoms with Crippen molar-refractivity contribution in [3.8, 4) is 0 Å². The van der Waals surface area contributed by atoms with Crippen molar-refractivity contribution in [2.75, 3.05) is 0 Å². The number of hydrogen-bond donors (Lipinski definition) is 0. The van der Waals surface area contributed by atoms with Gasteiger partial charge in [0.25, 0.3) is 0 Å². The van der Waals surface area contributed by atoms with Crippen molar-refractivity contribution in [2.24, 2.45) is 0 Å². The predicted molar refractivity (Wildman–Crippen MR) is 35.3 cm³/mol. The van der Waals surface area contributed by atoms with Gasteiger partial charge in [-0.1, -0.05) is 30.3 Å². The smallest absolute Gasteiger partial charge is 0.544 e. The van der Waals surface area contributed by atoms with Crippen molar-refractivity contribution in [2.45, 2.75) is 5.92 Å². The van der Waals surface area contributed by atoms with Crippen LogP contribution in [0, 0.1) is 0 Å². The number of alkyl halides is 2. The van der Waals surface area contributed by atoms with E-state index in [4.69, 9.17) is 0 Å². The molecule has 0 aliphatic carbocycles. The zero-order valence-electron chi connectivity index (χ0n) is 6.96. The van der Waals surface area contributed by atoms with Gasteiger partial charge in [-0.05, 0) is 0 Å². The Balaban J connectivity index is 0.00000144. The van der Waals surface area contributed by atoms with E-state index in [0.29, 0.717) is 0 Å². The Bertz CT molecular complexity index is 287. The van der Waals surface area contributed by atoms with Gasteiger partial charge >= 0.3 is 35.5 Å². The largest absolute Gasteiger partial charge is 1.00 e. The Morgan fingerprint density at radius 2 is 1.69 bits per heavy atom. The predicted octanol–water partition coefficient (Wildman–Crippen LogP) is -2.47. The summed E-state index contributed by atoms with van der Waals surface area (Å²) in [5, 5.41) is 9.96. The van der Waals surface area contributed by atoms with Gasteiger partial charge in [0.15, 0.2) is 0 Å². The summed E-state index contributed by atoms with van der Waals surface area (Å²) in [7, 11) is 0. The van der Waals surface area contributed by atoms with E-state index in [1.807, 2.05) is 0 Å². The van der Waals surface area contributed by atoms with E-state index in [0.717, 1.165) is 12.1 Å². The van der Waals surface area contributed by atoms with Crippen LogP contribution in [-0.4, -0.2) is 5.97 Å². The van der Waals surface area contributed by atoms with Crippen molar-refractivity contribution in [1.82, 2.24) is 0 Å². The number of hydrogen-bond acceptors (Lipinski definition) is 2. The molecule has 0 aromatic heterocycles.